The van der Waals surface area contributed by atoms with Gasteiger partial charge in [0, 0.05) is 22.3 Å². The lowest BCUT2D eigenvalue weighted by atomic mass is 10.1. The van der Waals surface area contributed by atoms with Crippen LogP contribution in [0.5, 0.6) is 0 Å². The van der Waals surface area contributed by atoms with E-state index in [1.807, 2.05) is 0 Å². The number of nitrogens with zero attached hydrogens (tertiary/aromatic N) is 1. The van der Waals surface area contributed by atoms with Crippen LogP contribution in [-0.2, 0) is 0 Å². The number of carboxylic acid groups (broad SMARTS) is 1. The minimum Gasteiger partial charge on any atom is -0.477 e. The third kappa shape index (κ3) is 2.69. The number of hydrogen-bond acceptors (Lipinski definition) is 2. The van der Waals surface area contributed by atoms with Crippen LogP contribution in [0.15, 0.2) is 47.4 Å². The van der Waals surface area contributed by atoms with Gasteiger partial charge in [-0.3, -0.25) is 4.79 Å². The Bertz CT molecular complexity index is 997. The SMILES string of the molecule is O=C(O)c1cn(-c2ccc(Cl)cc2)c2cc(Cl)c(F)cc2c1=O. The van der Waals surface area contributed by atoms with Crippen LogP contribution in [0.4, 0.5) is 4.39 Å². The molecule has 0 atom stereocenters. The van der Waals surface area contributed by atoms with Gasteiger partial charge in [-0.2, -0.15) is 0 Å². The summed E-state index contributed by atoms with van der Waals surface area (Å²) in [5, 5.41) is 9.48. The van der Waals surface area contributed by atoms with Crippen molar-refractivity contribution in [3.05, 3.63) is 74.2 Å². The van der Waals surface area contributed by atoms with Crippen molar-refractivity contribution < 1.29 is 14.3 Å². The van der Waals surface area contributed by atoms with E-state index in [1.165, 1.54) is 16.8 Å². The molecule has 1 aromatic heterocycles. The molecule has 0 aliphatic carbocycles. The minimum atomic E-state index is -1.39. The van der Waals surface area contributed by atoms with Gasteiger partial charge in [-0.05, 0) is 36.4 Å². The zero-order valence-corrected chi connectivity index (χ0v) is 12.9. The summed E-state index contributed by atoms with van der Waals surface area (Å²) in [4.78, 5) is 23.5. The second-order valence-electron chi connectivity index (χ2n) is 4.81. The molecule has 0 unspecified atom stereocenters. The average Bonchev–Trinajstić information content (AvgIpc) is 2.50. The van der Waals surface area contributed by atoms with Gasteiger partial charge < -0.3 is 9.67 Å². The van der Waals surface area contributed by atoms with Crippen molar-refractivity contribution in [2.75, 3.05) is 0 Å². The first-order valence-electron chi connectivity index (χ1n) is 6.42. The van der Waals surface area contributed by atoms with E-state index in [1.54, 1.807) is 24.3 Å². The van der Waals surface area contributed by atoms with Crippen molar-refractivity contribution in [2.45, 2.75) is 0 Å². The number of pyridine rings is 1. The van der Waals surface area contributed by atoms with Crippen molar-refractivity contribution >= 4 is 40.1 Å². The second-order valence-corrected chi connectivity index (χ2v) is 5.65. The maximum Gasteiger partial charge on any atom is 0.341 e. The van der Waals surface area contributed by atoms with E-state index in [9.17, 15) is 19.1 Å². The van der Waals surface area contributed by atoms with Crippen molar-refractivity contribution in [1.29, 1.82) is 0 Å². The molecule has 2 aromatic carbocycles. The van der Waals surface area contributed by atoms with Crippen LogP contribution in [0, 0.1) is 5.82 Å². The lowest BCUT2D eigenvalue weighted by Gasteiger charge is -2.13. The Hall–Kier alpha value is -2.37. The maximum atomic E-state index is 13.7. The number of hydrogen-bond donors (Lipinski definition) is 1. The number of aromatic nitrogens is 1. The van der Waals surface area contributed by atoms with Crippen LogP contribution in [0.2, 0.25) is 10.0 Å². The molecule has 0 aliphatic rings. The van der Waals surface area contributed by atoms with Gasteiger partial charge in [-0.15, -0.1) is 0 Å². The van der Waals surface area contributed by atoms with Gasteiger partial charge >= 0.3 is 5.97 Å². The van der Waals surface area contributed by atoms with Crippen LogP contribution in [0.1, 0.15) is 10.4 Å². The van der Waals surface area contributed by atoms with Crippen LogP contribution < -0.4 is 5.43 Å². The van der Waals surface area contributed by atoms with E-state index in [4.69, 9.17) is 23.2 Å². The van der Waals surface area contributed by atoms with E-state index in [0.717, 1.165) is 6.07 Å². The van der Waals surface area contributed by atoms with Crippen LogP contribution in [-0.4, -0.2) is 15.6 Å². The number of benzene rings is 2. The van der Waals surface area contributed by atoms with Crippen molar-refractivity contribution in [2.24, 2.45) is 0 Å². The largest absolute Gasteiger partial charge is 0.477 e. The summed E-state index contributed by atoms with van der Waals surface area (Å²) in [6.07, 6.45) is 1.18. The second kappa shape index (κ2) is 5.68. The smallest absolute Gasteiger partial charge is 0.341 e. The first-order valence-corrected chi connectivity index (χ1v) is 7.17. The van der Waals surface area contributed by atoms with E-state index in [-0.39, 0.29) is 10.4 Å². The molecule has 0 saturated carbocycles. The standard InChI is InChI=1S/C16H8Cl2FNO3/c17-8-1-3-9(4-2-8)20-7-11(16(22)23)15(21)10-5-13(19)12(18)6-14(10)20/h1-7H,(H,22,23). The molecule has 0 aliphatic heterocycles. The molecule has 4 nitrogen and oxygen atoms in total. The Labute approximate surface area is 139 Å². The van der Waals surface area contributed by atoms with Gasteiger partial charge in [0.05, 0.1) is 10.5 Å². The highest BCUT2D eigenvalue weighted by atomic mass is 35.5. The van der Waals surface area contributed by atoms with E-state index in [0.29, 0.717) is 16.2 Å². The minimum absolute atomic E-state index is 0.0678. The predicted molar refractivity (Wildman–Crippen MR) is 86.5 cm³/mol. The van der Waals surface area contributed by atoms with Gasteiger partial charge in [-0.1, -0.05) is 23.2 Å². The normalized spacial score (nSPS) is 10.9. The van der Waals surface area contributed by atoms with Crippen LogP contribution in [0.3, 0.4) is 0 Å². The summed E-state index contributed by atoms with van der Waals surface area (Å²) in [5.41, 5.74) is -0.374. The van der Waals surface area contributed by atoms with Crippen LogP contribution >= 0.6 is 23.2 Å². The molecule has 1 N–H and O–H groups in total. The first kappa shape index (κ1) is 15.5. The molecular weight excluding hydrogens is 344 g/mol. The quantitative estimate of drug-likeness (QED) is 0.754. The molecule has 0 amide bonds. The number of aromatic carboxylic acids is 1. The Balaban J connectivity index is 2.46. The molecule has 7 heteroatoms. The number of fused-ring (bicyclic) bond motifs is 1. The average molecular weight is 352 g/mol. The molecule has 3 rings (SSSR count). The molecule has 3 aromatic rings. The molecular formula is C16H8Cl2FNO3. The Morgan fingerprint density at radius 3 is 2.39 bits per heavy atom. The Morgan fingerprint density at radius 2 is 1.78 bits per heavy atom. The highest BCUT2D eigenvalue weighted by molar-refractivity contribution is 6.31. The predicted octanol–water partition coefficient (Wildman–Crippen LogP) is 4.13. The van der Waals surface area contributed by atoms with Gasteiger partial charge in [0.2, 0.25) is 5.43 Å². The molecule has 0 fully saturated rings. The van der Waals surface area contributed by atoms with Gasteiger partial charge in [0.1, 0.15) is 11.4 Å². The maximum absolute atomic E-state index is 13.7. The summed E-state index contributed by atoms with van der Waals surface area (Å²) >= 11 is 11.6. The summed E-state index contributed by atoms with van der Waals surface area (Å²) in [6, 6.07) is 8.76. The number of carbonyl (C=O) groups is 1. The molecule has 116 valence electrons. The fraction of sp³-hybridized carbons (Fsp3) is 0. The molecule has 1 heterocycles. The zero-order valence-electron chi connectivity index (χ0n) is 11.4. The van der Waals surface area contributed by atoms with Crippen molar-refractivity contribution in [1.82, 2.24) is 4.57 Å². The fourth-order valence-electron chi connectivity index (χ4n) is 2.29. The van der Waals surface area contributed by atoms with E-state index in [2.05, 4.69) is 0 Å². The number of halogens is 3. The topological polar surface area (TPSA) is 59.3 Å². The summed E-state index contributed by atoms with van der Waals surface area (Å²) in [7, 11) is 0. The Morgan fingerprint density at radius 1 is 1.13 bits per heavy atom. The lowest BCUT2D eigenvalue weighted by molar-refractivity contribution is 0.0695. The number of rotatable bonds is 2. The van der Waals surface area contributed by atoms with E-state index < -0.39 is 22.8 Å². The zero-order chi connectivity index (χ0) is 16.7. The van der Waals surface area contributed by atoms with E-state index >= 15 is 0 Å². The van der Waals surface area contributed by atoms with Gasteiger partial charge in [-0.25, -0.2) is 9.18 Å². The Kier molecular flexibility index (Phi) is 3.83. The molecule has 0 saturated heterocycles. The van der Waals surface area contributed by atoms with Crippen molar-refractivity contribution in [3.8, 4) is 5.69 Å². The van der Waals surface area contributed by atoms with Gasteiger partial charge in [0.15, 0.2) is 0 Å². The molecule has 0 bridgehead atoms. The van der Waals surface area contributed by atoms with Crippen LogP contribution in [0.25, 0.3) is 16.6 Å². The molecule has 23 heavy (non-hydrogen) atoms. The fourth-order valence-corrected chi connectivity index (χ4v) is 2.57. The number of carboxylic acids is 1. The summed E-state index contributed by atoms with van der Waals surface area (Å²) < 4.78 is 15.2. The molecule has 0 spiro atoms. The molecule has 0 radical (unpaired) electrons. The first-order chi connectivity index (χ1) is 10.9. The third-order valence-electron chi connectivity index (χ3n) is 3.38. The third-order valence-corrected chi connectivity index (χ3v) is 3.92. The highest BCUT2D eigenvalue weighted by Gasteiger charge is 2.17. The monoisotopic (exact) mass is 351 g/mol. The van der Waals surface area contributed by atoms with Crippen molar-refractivity contribution in [3.63, 3.8) is 0 Å². The van der Waals surface area contributed by atoms with Gasteiger partial charge in [0.25, 0.3) is 0 Å². The summed E-state index contributed by atoms with van der Waals surface area (Å²) in [5.74, 6) is -2.18. The lowest BCUT2D eigenvalue weighted by Crippen LogP contribution is -2.18. The highest BCUT2D eigenvalue weighted by Crippen LogP contribution is 2.24. The summed E-state index contributed by atoms with van der Waals surface area (Å²) in [6.45, 7) is 0.